The molecule has 1 atom stereocenters. The van der Waals surface area contributed by atoms with E-state index in [1.165, 1.54) is 16.7 Å². The third kappa shape index (κ3) is 2.27. The third-order valence-corrected chi connectivity index (χ3v) is 3.07. The Morgan fingerprint density at radius 3 is 3.00 bits per heavy atom. The Balaban J connectivity index is 2.16. The average molecular weight is 215 g/mol. The molecule has 16 heavy (non-hydrogen) atoms. The van der Waals surface area contributed by atoms with Gasteiger partial charge in [-0.3, -0.25) is 0 Å². The molecule has 1 aliphatic rings. The summed E-state index contributed by atoms with van der Waals surface area (Å²) >= 11 is 0. The molecule has 2 heteroatoms. The summed E-state index contributed by atoms with van der Waals surface area (Å²) in [4.78, 5) is 0. The number of hydrogen-bond donors (Lipinski definition) is 1. The Morgan fingerprint density at radius 1 is 1.44 bits per heavy atom. The lowest BCUT2D eigenvalue weighted by atomic mass is 9.98. The van der Waals surface area contributed by atoms with E-state index in [1.54, 1.807) is 0 Å². The molecule has 1 aromatic rings. The van der Waals surface area contributed by atoms with Gasteiger partial charge in [-0.1, -0.05) is 18.2 Å². The third-order valence-electron chi connectivity index (χ3n) is 3.07. The highest BCUT2D eigenvalue weighted by molar-refractivity contribution is 5.34. The van der Waals surface area contributed by atoms with Gasteiger partial charge in [0.25, 0.3) is 0 Å². The number of ether oxygens (including phenoxy) is 1. The molecule has 0 radical (unpaired) electrons. The SMILES string of the molecule is C#CCCC(NC)c1ccc2c(c1)COC2. The predicted molar refractivity (Wildman–Crippen MR) is 64.8 cm³/mol. The number of terminal acetylenes is 1. The van der Waals surface area contributed by atoms with Crippen LogP contribution in [-0.2, 0) is 18.0 Å². The molecule has 0 amide bonds. The molecular weight excluding hydrogens is 198 g/mol. The highest BCUT2D eigenvalue weighted by Gasteiger charge is 2.14. The summed E-state index contributed by atoms with van der Waals surface area (Å²) in [6.07, 6.45) is 7.09. The first kappa shape index (κ1) is 11.2. The molecule has 0 fully saturated rings. The fourth-order valence-electron chi connectivity index (χ4n) is 2.11. The molecule has 1 aliphatic heterocycles. The van der Waals surface area contributed by atoms with Gasteiger partial charge >= 0.3 is 0 Å². The van der Waals surface area contributed by atoms with E-state index in [0.717, 1.165) is 26.1 Å². The van der Waals surface area contributed by atoms with Crippen LogP contribution in [0.15, 0.2) is 18.2 Å². The number of hydrogen-bond acceptors (Lipinski definition) is 2. The van der Waals surface area contributed by atoms with E-state index in [2.05, 4.69) is 29.4 Å². The van der Waals surface area contributed by atoms with Crippen LogP contribution < -0.4 is 5.32 Å². The van der Waals surface area contributed by atoms with Gasteiger partial charge in [0.05, 0.1) is 13.2 Å². The van der Waals surface area contributed by atoms with Gasteiger partial charge in [-0.05, 0) is 30.2 Å². The van der Waals surface area contributed by atoms with Gasteiger partial charge in [-0.2, -0.15) is 0 Å². The quantitative estimate of drug-likeness (QED) is 0.779. The van der Waals surface area contributed by atoms with Crippen LogP contribution in [0.5, 0.6) is 0 Å². The van der Waals surface area contributed by atoms with E-state index >= 15 is 0 Å². The summed E-state index contributed by atoms with van der Waals surface area (Å²) in [5.74, 6) is 2.69. The molecule has 0 spiro atoms. The summed E-state index contributed by atoms with van der Waals surface area (Å²) in [6.45, 7) is 1.50. The van der Waals surface area contributed by atoms with Crippen molar-refractivity contribution in [1.29, 1.82) is 0 Å². The van der Waals surface area contributed by atoms with Crippen LogP contribution >= 0.6 is 0 Å². The van der Waals surface area contributed by atoms with Crippen LogP contribution in [0.4, 0.5) is 0 Å². The molecule has 1 unspecified atom stereocenters. The van der Waals surface area contributed by atoms with Crippen LogP contribution in [-0.4, -0.2) is 7.05 Å². The van der Waals surface area contributed by atoms with Crippen LogP contribution in [0.3, 0.4) is 0 Å². The first-order valence-corrected chi connectivity index (χ1v) is 5.65. The Labute approximate surface area is 97.0 Å². The molecule has 0 saturated heterocycles. The molecule has 1 N–H and O–H groups in total. The smallest absolute Gasteiger partial charge is 0.0725 e. The lowest BCUT2D eigenvalue weighted by Gasteiger charge is -2.16. The predicted octanol–water partition coefficient (Wildman–Crippen LogP) is 2.39. The summed E-state index contributed by atoms with van der Waals surface area (Å²) in [5, 5.41) is 3.31. The van der Waals surface area contributed by atoms with Crippen LogP contribution in [0.2, 0.25) is 0 Å². The van der Waals surface area contributed by atoms with Gasteiger partial charge < -0.3 is 10.1 Å². The summed E-state index contributed by atoms with van der Waals surface area (Å²) in [7, 11) is 1.98. The highest BCUT2D eigenvalue weighted by Crippen LogP contribution is 2.25. The van der Waals surface area contributed by atoms with Gasteiger partial charge in [0.15, 0.2) is 0 Å². The lowest BCUT2D eigenvalue weighted by molar-refractivity contribution is 0.134. The largest absolute Gasteiger partial charge is 0.372 e. The number of rotatable bonds is 4. The summed E-state index contributed by atoms with van der Waals surface area (Å²) in [5.41, 5.74) is 3.94. The van der Waals surface area contributed by atoms with Gasteiger partial charge in [0, 0.05) is 12.5 Å². The summed E-state index contributed by atoms with van der Waals surface area (Å²) < 4.78 is 5.41. The standard InChI is InChI=1S/C14H17NO/c1-3-4-5-14(15-2)11-6-7-12-9-16-10-13(12)8-11/h1,6-8,14-15H,4-5,9-10H2,2H3. The zero-order valence-corrected chi connectivity index (χ0v) is 9.62. The first-order chi connectivity index (χ1) is 7.85. The fraction of sp³-hybridized carbons (Fsp3) is 0.429. The van der Waals surface area contributed by atoms with E-state index < -0.39 is 0 Å². The second-order valence-corrected chi connectivity index (χ2v) is 4.11. The monoisotopic (exact) mass is 215 g/mol. The second kappa shape index (κ2) is 5.16. The molecule has 0 bridgehead atoms. The molecular formula is C14H17NO. The minimum absolute atomic E-state index is 0.349. The number of benzene rings is 1. The van der Waals surface area contributed by atoms with Crippen molar-refractivity contribution >= 4 is 0 Å². The van der Waals surface area contributed by atoms with Crippen molar-refractivity contribution in [2.75, 3.05) is 7.05 Å². The molecule has 1 heterocycles. The zero-order chi connectivity index (χ0) is 11.4. The Hall–Kier alpha value is -1.30. The minimum atomic E-state index is 0.349. The molecule has 84 valence electrons. The molecule has 2 rings (SSSR count). The molecule has 2 nitrogen and oxygen atoms in total. The zero-order valence-electron chi connectivity index (χ0n) is 9.62. The molecule has 1 aromatic carbocycles. The van der Waals surface area contributed by atoms with Crippen LogP contribution in [0.1, 0.15) is 35.6 Å². The Morgan fingerprint density at radius 2 is 2.25 bits per heavy atom. The molecule has 0 saturated carbocycles. The van der Waals surface area contributed by atoms with Crippen molar-refractivity contribution in [3.8, 4) is 12.3 Å². The number of fused-ring (bicyclic) bond motifs is 1. The van der Waals surface area contributed by atoms with Crippen molar-refractivity contribution in [1.82, 2.24) is 5.32 Å². The minimum Gasteiger partial charge on any atom is -0.372 e. The maximum atomic E-state index is 5.41. The van der Waals surface area contributed by atoms with Gasteiger partial charge in [0.1, 0.15) is 0 Å². The molecule has 0 aromatic heterocycles. The molecule has 0 aliphatic carbocycles. The van der Waals surface area contributed by atoms with Crippen molar-refractivity contribution in [3.05, 3.63) is 34.9 Å². The number of nitrogens with one attached hydrogen (secondary N) is 1. The van der Waals surface area contributed by atoms with E-state index in [9.17, 15) is 0 Å². The fourth-order valence-corrected chi connectivity index (χ4v) is 2.11. The summed E-state index contributed by atoms with van der Waals surface area (Å²) in [6, 6.07) is 6.92. The highest BCUT2D eigenvalue weighted by atomic mass is 16.5. The van der Waals surface area contributed by atoms with Crippen molar-refractivity contribution < 1.29 is 4.74 Å². The Kier molecular flexibility index (Phi) is 3.61. The lowest BCUT2D eigenvalue weighted by Crippen LogP contribution is -2.16. The second-order valence-electron chi connectivity index (χ2n) is 4.11. The van der Waals surface area contributed by atoms with E-state index in [4.69, 9.17) is 11.2 Å². The van der Waals surface area contributed by atoms with E-state index in [0.29, 0.717) is 6.04 Å². The normalized spacial score (nSPS) is 15.5. The van der Waals surface area contributed by atoms with Gasteiger partial charge in [-0.15, -0.1) is 12.3 Å². The van der Waals surface area contributed by atoms with Crippen molar-refractivity contribution in [2.24, 2.45) is 0 Å². The van der Waals surface area contributed by atoms with Gasteiger partial charge in [0.2, 0.25) is 0 Å². The van der Waals surface area contributed by atoms with Crippen LogP contribution in [0.25, 0.3) is 0 Å². The van der Waals surface area contributed by atoms with E-state index in [-0.39, 0.29) is 0 Å². The Bertz CT molecular complexity index is 406. The topological polar surface area (TPSA) is 21.3 Å². The van der Waals surface area contributed by atoms with E-state index in [1.807, 2.05) is 7.05 Å². The van der Waals surface area contributed by atoms with Gasteiger partial charge in [-0.25, -0.2) is 0 Å². The average Bonchev–Trinajstić information content (AvgIpc) is 2.77. The van der Waals surface area contributed by atoms with Crippen molar-refractivity contribution in [3.63, 3.8) is 0 Å². The maximum Gasteiger partial charge on any atom is 0.0725 e. The first-order valence-electron chi connectivity index (χ1n) is 5.65. The maximum absolute atomic E-state index is 5.41. The van der Waals surface area contributed by atoms with Crippen LogP contribution in [0, 0.1) is 12.3 Å². The van der Waals surface area contributed by atoms with Crippen molar-refractivity contribution in [2.45, 2.75) is 32.1 Å².